The molecule has 2 aromatic carbocycles. The summed E-state index contributed by atoms with van der Waals surface area (Å²) in [6, 6.07) is 13.7. The Morgan fingerprint density at radius 2 is 1.76 bits per heavy atom. The van der Waals surface area contributed by atoms with Gasteiger partial charge in [0, 0.05) is 13.1 Å². The highest BCUT2D eigenvalue weighted by Gasteiger charge is 2.25. The zero-order chi connectivity index (χ0) is 17.8. The van der Waals surface area contributed by atoms with Crippen LogP contribution in [-0.4, -0.2) is 35.0 Å². The topological polar surface area (TPSA) is 57.6 Å². The maximum atomic E-state index is 14.1. The Hall–Kier alpha value is -2.69. The Labute approximate surface area is 145 Å². The quantitative estimate of drug-likeness (QED) is 0.924. The van der Waals surface area contributed by atoms with Gasteiger partial charge in [0.2, 0.25) is 0 Å². The lowest BCUT2D eigenvalue weighted by molar-refractivity contribution is 0.0675. The molecule has 0 aromatic heterocycles. The number of benzene rings is 2. The van der Waals surface area contributed by atoms with E-state index in [9.17, 15) is 14.0 Å². The second-order valence-corrected chi connectivity index (χ2v) is 6.43. The SMILES string of the molecule is O=C(O)c1ccc(C(=O)N2CCC(Cc3ccccc3)CC2)c(F)c1. The first kappa shape index (κ1) is 17.1. The number of nitrogens with zero attached hydrogens (tertiary/aromatic N) is 1. The zero-order valence-corrected chi connectivity index (χ0v) is 13.8. The third-order valence-corrected chi connectivity index (χ3v) is 4.72. The highest BCUT2D eigenvalue weighted by molar-refractivity contribution is 5.96. The first-order chi connectivity index (χ1) is 12.0. The Balaban J connectivity index is 1.61. The van der Waals surface area contributed by atoms with E-state index in [2.05, 4.69) is 12.1 Å². The Kier molecular flexibility index (Phi) is 5.12. The van der Waals surface area contributed by atoms with Gasteiger partial charge in [-0.3, -0.25) is 4.79 Å². The van der Waals surface area contributed by atoms with Crippen molar-refractivity contribution in [3.05, 3.63) is 71.0 Å². The number of amides is 1. The van der Waals surface area contributed by atoms with E-state index in [1.54, 1.807) is 4.90 Å². The number of hydrogen-bond donors (Lipinski definition) is 1. The zero-order valence-electron chi connectivity index (χ0n) is 13.8. The van der Waals surface area contributed by atoms with Crippen LogP contribution in [0.1, 0.15) is 39.1 Å². The molecule has 1 saturated heterocycles. The maximum absolute atomic E-state index is 14.1. The van der Waals surface area contributed by atoms with E-state index in [1.807, 2.05) is 18.2 Å². The summed E-state index contributed by atoms with van der Waals surface area (Å²) < 4.78 is 14.1. The molecule has 25 heavy (non-hydrogen) atoms. The average Bonchev–Trinajstić information content (AvgIpc) is 2.62. The molecule has 5 heteroatoms. The van der Waals surface area contributed by atoms with Crippen LogP contribution in [0.4, 0.5) is 4.39 Å². The molecule has 4 nitrogen and oxygen atoms in total. The summed E-state index contributed by atoms with van der Waals surface area (Å²) >= 11 is 0. The Bertz CT molecular complexity index is 768. The summed E-state index contributed by atoms with van der Waals surface area (Å²) in [7, 11) is 0. The molecule has 1 heterocycles. The second-order valence-electron chi connectivity index (χ2n) is 6.43. The fourth-order valence-corrected chi connectivity index (χ4v) is 3.28. The molecule has 1 fully saturated rings. The fourth-order valence-electron chi connectivity index (χ4n) is 3.28. The van der Waals surface area contributed by atoms with Gasteiger partial charge in [-0.05, 0) is 48.9 Å². The van der Waals surface area contributed by atoms with Crippen LogP contribution in [-0.2, 0) is 6.42 Å². The minimum atomic E-state index is -1.21. The third-order valence-electron chi connectivity index (χ3n) is 4.72. The fraction of sp³-hybridized carbons (Fsp3) is 0.300. The number of aromatic carboxylic acids is 1. The third kappa shape index (κ3) is 4.05. The van der Waals surface area contributed by atoms with Crippen molar-refractivity contribution in [3.8, 4) is 0 Å². The van der Waals surface area contributed by atoms with Crippen LogP contribution in [0.5, 0.6) is 0 Å². The van der Waals surface area contributed by atoms with Crippen molar-refractivity contribution in [2.24, 2.45) is 5.92 Å². The van der Waals surface area contributed by atoms with Crippen LogP contribution in [0.15, 0.2) is 48.5 Å². The Morgan fingerprint density at radius 1 is 1.08 bits per heavy atom. The highest BCUT2D eigenvalue weighted by Crippen LogP contribution is 2.23. The van der Waals surface area contributed by atoms with Crippen LogP contribution in [0.3, 0.4) is 0 Å². The van der Waals surface area contributed by atoms with Crippen LogP contribution >= 0.6 is 0 Å². The molecule has 1 amide bonds. The van der Waals surface area contributed by atoms with Gasteiger partial charge in [0.25, 0.3) is 5.91 Å². The second kappa shape index (κ2) is 7.47. The number of carbonyl (C=O) groups is 2. The van der Waals surface area contributed by atoms with Gasteiger partial charge >= 0.3 is 5.97 Å². The van der Waals surface area contributed by atoms with E-state index >= 15 is 0 Å². The van der Waals surface area contributed by atoms with E-state index in [4.69, 9.17) is 5.11 Å². The summed E-state index contributed by atoms with van der Waals surface area (Å²) in [4.78, 5) is 25.0. The number of halogens is 1. The maximum Gasteiger partial charge on any atom is 0.335 e. The predicted molar refractivity (Wildman–Crippen MR) is 92.1 cm³/mol. The smallest absolute Gasteiger partial charge is 0.335 e. The summed E-state index contributed by atoms with van der Waals surface area (Å²) in [5.74, 6) is -1.84. The molecular weight excluding hydrogens is 321 g/mol. The number of carbonyl (C=O) groups excluding carboxylic acids is 1. The molecular formula is C20H20FNO3. The molecule has 3 rings (SSSR count). The molecule has 0 saturated carbocycles. The number of hydrogen-bond acceptors (Lipinski definition) is 2. The first-order valence-corrected chi connectivity index (χ1v) is 8.40. The number of rotatable bonds is 4. The lowest BCUT2D eigenvalue weighted by Crippen LogP contribution is -2.39. The van der Waals surface area contributed by atoms with Crippen molar-refractivity contribution in [2.45, 2.75) is 19.3 Å². The van der Waals surface area contributed by atoms with Gasteiger partial charge in [0.05, 0.1) is 11.1 Å². The molecule has 0 aliphatic carbocycles. The van der Waals surface area contributed by atoms with Crippen molar-refractivity contribution in [3.63, 3.8) is 0 Å². The van der Waals surface area contributed by atoms with Crippen LogP contribution in [0, 0.1) is 11.7 Å². The minimum absolute atomic E-state index is 0.0634. The van der Waals surface area contributed by atoms with Gasteiger partial charge in [-0.25, -0.2) is 9.18 Å². The largest absolute Gasteiger partial charge is 0.478 e. The van der Waals surface area contributed by atoms with Crippen molar-refractivity contribution >= 4 is 11.9 Å². The van der Waals surface area contributed by atoms with E-state index in [0.717, 1.165) is 25.3 Å². The van der Waals surface area contributed by atoms with Gasteiger partial charge in [-0.2, -0.15) is 0 Å². The molecule has 1 aliphatic heterocycles. The molecule has 1 N–H and O–H groups in total. The summed E-state index contributed by atoms with van der Waals surface area (Å²) in [6.45, 7) is 1.19. The van der Waals surface area contributed by atoms with Gasteiger partial charge in [-0.15, -0.1) is 0 Å². The van der Waals surface area contributed by atoms with Crippen molar-refractivity contribution in [1.82, 2.24) is 4.90 Å². The average molecular weight is 341 g/mol. The Morgan fingerprint density at radius 3 is 2.36 bits per heavy atom. The standard InChI is InChI=1S/C20H20FNO3/c21-18-13-16(20(24)25)6-7-17(18)19(23)22-10-8-15(9-11-22)12-14-4-2-1-3-5-14/h1-7,13,15H,8-12H2,(H,24,25). The van der Waals surface area contributed by atoms with E-state index < -0.39 is 11.8 Å². The van der Waals surface area contributed by atoms with Crippen molar-refractivity contribution in [1.29, 1.82) is 0 Å². The van der Waals surface area contributed by atoms with Crippen LogP contribution < -0.4 is 0 Å². The van der Waals surface area contributed by atoms with Crippen molar-refractivity contribution in [2.75, 3.05) is 13.1 Å². The monoisotopic (exact) mass is 341 g/mol. The first-order valence-electron chi connectivity index (χ1n) is 8.40. The molecule has 130 valence electrons. The van der Waals surface area contributed by atoms with E-state index in [1.165, 1.54) is 17.7 Å². The van der Waals surface area contributed by atoms with Gasteiger partial charge in [-0.1, -0.05) is 30.3 Å². The molecule has 0 bridgehead atoms. The lowest BCUT2D eigenvalue weighted by atomic mass is 9.90. The van der Waals surface area contributed by atoms with Crippen molar-refractivity contribution < 1.29 is 19.1 Å². The number of carboxylic acids is 1. The van der Waals surface area contributed by atoms with Gasteiger partial charge < -0.3 is 10.0 Å². The van der Waals surface area contributed by atoms with Crippen LogP contribution in [0.2, 0.25) is 0 Å². The number of carboxylic acid groups (broad SMARTS) is 1. The summed E-state index contributed by atoms with van der Waals surface area (Å²) in [6.07, 6.45) is 2.76. The lowest BCUT2D eigenvalue weighted by Gasteiger charge is -2.32. The molecule has 0 unspecified atom stereocenters. The minimum Gasteiger partial charge on any atom is -0.478 e. The predicted octanol–water partition coefficient (Wildman–Crippen LogP) is 3.62. The van der Waals surface area contributed by atoms with E-state index in [-0.39, 0.29) is 17.0 Å². The molecule has 1 aliphatic rings. The van der Waals surface area contributed by atoms with Gasteiger partial charge in [0.15, 0.2) is 0 Å². The number of likely N-dealkylation sites (tertiary alicyclic amines) is 1. The molecule has 2 aromatic rings. The van der Waals surface area contributed by atoms with E-state index in [0.29, 0.717) is 19.0 Å². The van der Waals surface area contributed by atoms with Gasteiger partial charge in [0.1, 0.15) is 5.82 Å². The number of piperidine rings is 1. The van der Waals surface area contributed by atoms with Crippen LogP contribution in [0.25, 0.3) is 0 Å². The molecule has 0 atom stereocenters. The summed E-state index contributed by atoms with van der Waals surface area (Å²) in [5.41, 5.74) is 1.07. The highest BCUT2D eigenvalue weighted by atomic mass is 19.1. The normalized spacial score (nSPS) is 15.2. The molecule has 0 radical (unpaired) electrons. The summed E-state index contributed by atoms with van der Waals surface area (Å²) in [5, 5.41) is 8.88. The molecule has 0 spiro atoms.